The molecule has 3 heterocycles. The first kappa shape index (κ1) is 17.7. The Balaban J connectivity index is 1.31. The third-order valence-electron chi connectivity index (χ3n) is 4.77. The summed E-state index contributed by atoms with van der Waals surface area (Å²) in [6.45, 7) is 3.74. The Bertz CT molecular complexity index is 888. The molecule has 2 amide bonds. The molecule has 1 aliphatic heterocycles. The molecule has 3 aromatic rings. The van der Waals surface area contributed by atoms with Crippen LogP contribution in [-0.2, 0) is 13.5 Å². The molecule has 4 rings (SSSR count). The average molecular weight is 385 g/mol. The first-order chi connectivity index (χ1) is 13.2. The Labute approximate surface area is 161 Å². The first-order valence-electron chi connectivity index (χ1n) is 9.17. The predicted molar refractivity (Wildman–Crippen MR) is 106 cm³/mol. The van der Waals surface area contributed by atoms with E-state index in [1.807, 2.05) is 34.7 Å². The van der Waals surface area contributed by atoms with Crippen molar-refractivity contribution in [2.24, 2.45) is 7.05 Å². The number of hydrogen-bond donors (Lipinski definition) is 1. The standard InChI is InChI=1S/C18H23N7OS/c1-23-13-20-22-16(23)7-8-19-17(26)24-9-4-10-25(12-11-24)18-21-14-5-2-3-6-15(14)27-18/h2-3,5-6,13H,4,7-12H2,1H3,(H,19,26). The normalized spacial score (nSPS) is 15.1. The largest absolute Gasteiger partial charge is 0.346 e. The predicted octanol–water partition coefficient (Wildman–Crippen LogP) is 1.89. The van der Waals surface area contributed by atoms with Crippen LogP contribution in [0.1, 0.15) is 12.2 Å². The summed E-state index contributed by atoms with van der Waals surface area (Å²) >= 11 is 1.72. The molecule has 1 fully saturated rings. The van der Waals surface area contributed by atoms with Crippen molar-refractivity contribution in [2.45, 2.75) is 12.8 Å². The Morgan fingerprint density at radius 3 is 2.93 bits per heavy atom. The zero-order valence-electron chi connectivity index (χ0n) is 15.3. The first-order valence-corrected chi connectivity index (χ1v) is 9.98. The smallest absolute Gasteiger partial charge is 0.317 e. The fraction of sp³-hybridized carbons (Fsp3) is 0.444. The Kier molecular flexibility index (Phi) is 5.19. The molecule has 1 aliphatic rings. The highest BCUT2D eigenvalue weighted by Gasteiger charge is 2.21. The number of para-hydroxylation sites is 1. The second-order valence-electron chi connectivity index (χ2n) is 6.63. The zero-order valence-corrected chi connectivity index (χ0v) is 16.2. The van der Waals surface area contributed by atoms with Gasteiger partial charge in [-0.15, -0.1) is 10.2 Å². The van der Waals surface area contributed by atoms with Gasteiger partial charge in [0, 0.05) is 46.2 Å². The summed E-state index contributed by atoms with van der Waals surface area (Å²) in [5.74, 6) is 0.869. The second-order valence-corrected chi connectivity index (χ2v) is 7.64. The fourth-order valence-corrected chi connectivity index (χ4v) is 4.25. The summed E-state index contributed by atoms with van der Waals surface area (Å²) in [5, 5.41) is 11.9. The number of carbonyl (C=O) groups excluding carboxylic acids is 1. The summed E-state index contributed by atoms with van der Waals surface area (Å²) in [6.07, 6.45) is 3.28. The lowest BCUT2D eigenvalue weighted by Gasteiger charge is -2.22. The van der Waals surface area contributed by atoms with Crippen LogP contribution in [0.2, 0.25) is 0 Å². The molecular weight excluding hydrogens is 362 g/mol. The molecule has 0 spiro atoms. The van der Waals surface area contributed by atoms with E-state index >= 15 is 0 Å². The molecule has 2 aromatic heterocycles. The van der Waals surface area contributed by atoms with E-state index in [2.05, 4.69) is 26.5 Å². The SMILES string of the molecule is Cn1cnnc1CCNC(=O)N1CCCN(c2nc3ccccc3s2)CC1. The molecule has 27 heavy (non-hydrogen) atoms. The molecular formula is C18H23N7OS. The topological polar surface area (TPSA) is 79.2 Å². The van der Waals surface area contributed by atoms with Crippen LogP contribution in [-0.4, -0.2) is 63.4 Å². The van der Waals surface area contributed by atoms with Crippen molar-refractivity contribution in [1.82, 2.24) is 30.0 Å². The Morgan fingerprint density at radius 1 is 1.22 bits per heavy atom. The van der Waals surface area contributed by atoms with Crippen molar-refractivity contribution in [3.05, 3.63) is 36.4 Å². The van der Waals surface area contributed by atoms with Crippen molar-refractivity contribution < 1.29 is 4.79 Å². The van der Waals surface area contributed by atoms with E-state index in [-0.39, 0.29) is 6.03 Å². The van der Waals surface area contributed by atoms with E-state index in [1.165, 1.54) is 4.70 Å². The van der Waals surface area contributed by atoms with Crippen LogP contribution < -0.4 is 10.2 Å². The number of rotatable bonds is 4. The third-order valence-corrected chi connectivity index (χ3v) is 5.86. The number of carbonyl (C=O) groups is 1. The summed E-state index contributed by atoms with van der Waals surface area (Å²) in [5.41, 5.74) is 1.04. The van der Waals surface area contributed by atoms with Crippen LogP contribution in [0.25, 0.3) is 10.2 Å². The van der Waals surface area contributed by atoms with E-state index in [0.29, 0.717) is 19.5 Å². The minimum atomic E-state index is -0.0108. The molecule has 0 unspecified atom stereocenters. The number of nitrogens with one attached hydrogen (secondary N) is 1. The molecule has 142 valence electrons. The number of hydrogen-bond acceptors (Lipinski definition) is 6. The minimum absolute atomic E-state index is 0.0108. The quantitative estimate of drug-likeness (QED) is 0.742. The van der Waals surface area contributed by atoms with Crippen molar-refractivity contribution in [1.29, 1.82) is 0 Å². The van der Waals surface area contributed by atoms with Crippen LogP contribution in [0, 0.1) is 0 Å². The molecule has 1 aromatic carbocycles. The van der Waals surface area contributed by atoms with Crippen LogP contribution in [0.5, 0.6) is 0 Å². The van der Waals surface area contributed by atoms with Crippen molar-refractivity contribution >= 4 is 32.7 Å². The van der Waals surface area contributed by atoms with E-state index in [1.54, 1.807) is 17.7 Å². The summed E-state index contributed by atoms with van der Waals surface area (Å²) in [4.78, 5) is 21.4. The summed E-state index contributed by atoms with van der Waals surface area (Å²) < 4.78 is 3.07. The number of fused-ring (bicyclic) bond motifs is 1. The van der Waals surface area contributed by atoms with Gasteiger partial charge in [-0.05, 0) is 18.6 Å². The minimum Gasteiger partial charge on any atom is -0.346 e. The van der Waals surface area contributed by atoms with Crippen LogP contribution in [0.4, 0.5) is 9.93 Å². The maximum Gasteiger partial charge on any atom is 0.317 e. The number of thiazole rings is 1. The number of urea groups is 1. The zero-order chi connectivity index (χ0) is 18.6. The van der Waals surface area contributed by atoms with Gasteiger partial charge in [-0.2, -0.15) is 0 Å². The Hall–Kier alpha value is -2.68. The molecule has 1 saturated heterocycles. The molecule has 1 N–H and O–H groups in total. The van der Waals surface area contributed by atoms with Gasteiger partial charge in [0.2, 0.25) is 0 Å². The van der Waals surface area contributed by atoms with Crippen molar-refractivity contribution in [2.75, 3.05) is 37.6 Å². The molecule has 0 aliphatic carbocycles. The van der Waals surface area contributed by atoms with E-state index in [4.69, 9.17) is 4.98 Å². The van der Waals surface area contributed by atoms with E-state index in [0.717, 1.165) is 42.5 Å². The maximum absolute atomic E-state index is 12.5. The van der Waals surface area contributed by atoms with Gasteiger partial charge in [-0.1, -0.05) is 23.5 Å². The highest BCUT2D eigenvalue weighted by atomic mass is 32.1. The number of benzene rings is 1. The van der Waals surface area contributed by atoms with Crippen LogP contribution >= 0.6 is 11.3 Å². The highest BCUT2D eigenvalue weighted by molar-refractivity contribution is 7.22. The average Bonchev–Trinajstić information content (AvgIpc) is 3.20. The van der Waals surface area contributed by atoms with Gasteiger partial charge in [-0.3, -0.25) is 0 Å². The van der Waals surface area contributed by atoms with Crippen molar-refractivity contribution in [3.63, 3.8) is 0 Å². The fourth-order valence-electron chi connectivity index (χ4n) is 3.23. The van der Waals surface area contributed by atoms with Gasteiger partial charge < -0.3 is 19.7 Å². The number of aromatic nitrogens is 4. The van der Waals surface area contributed by atoms with Gasteiger partial charge in [0.25, 0.3) is 0 Å². The van der Waals surface area contributed by atoms with Crippen molar-refractivity contribution in [3.8, 4) is 0 Å². The second kappa shape index (κ2) is 7.91. The van der Waals surface area contributed by atoms with Crippen LogP contribution in [0.3, 0.4) is 0 Å². The van der Waals surface area contributed by atoms with Gasteiger partial charge >= 0.3 is 6.03 Å². The molecule has 0 radical (unpaired) electrons. The lowest BCUT2D eigenvalue weighted by atomic mass is 10.3. The van der Waals surface area contributed by atoms with E-state index in [9.17, 15) is 4.79 Å². The molecule has 0 saturated carbocycles. The third kappa shape index (κ3) is 4.02. The number of anilines is 1. The maximum atomic E-state index is 12.5. The number of amides is 2. The summed E-state index contributed by atoms with van der Waals surface area (Å²) in [6, 6.07) is 8.19. The van der Waals surface area contributed by atoms with Gasteiger partial charge in [0.05, 0.1) is 10.2 Å². The monoisotopic (exact) mass is 385 g/mol. The van der Waals surface area contributed by atoms with Gasteiger partial charge in [-0.25, -0.2) is 9.78 Å². The number of nitrogens with zero attached hydrogens (tertiary/aromatic N) is 6. The number of aryl methyl sites for hydroxylation is 1. The molecule has 9 heteroatoms. The molecule has 0 bridgehead atoms. The lowest BCUT2D eigenvalue weighted by molar-refractivity contribution is 0.201. The molecule has 0 atom stereocenters. The molecule has 8 nitrogen and oxygen atoms in total. The highest BCUT2D eigenvalue weighted by Crippen LogP contribution is 2.29. The van der Waals surface area contributed by atoms with Crippen LogP contribution in [0.15, 0.2) is 30.6 Å². The lowest BCUT2D eigenvalue weighted by Crippen LogP contribution is -2.42. The Morgan fingerprint density at radius 2 is 2.11 bits per heavy atom. The van der Waals surface area contributed by atoms with Gasteiger partial charge in [0.1, 0.15) is 12.2 Å². The van der Waals surface area contributed by atoms with Gasteiger partial charge in [0.15, 0.2) is 5.13 Å². The summed E-state index contributed by atoms with van der Waals surface area (Å²) in [7, 11) is 1.91. The van der Waals surface area contributed by atoms with E-state index < -0.39 is 0 Å².